The summed E-state index contributed by atoms with van der Waals surface area (Å²) in [6.45, 7) is 4.68. The van der Waals surface area contributed by atoms with E-state index < -0.39 is 10.8 Å². The van der Waals surface area contributed by atoms with Crippen molar-refractivity contribution in [2.75, 3.05) is 31.9 Å². The highest BCUT2D eigenvalue weighted by molar-refractivity contribution is 7.85. The van der Waals surface area contributed by atoms with Crippen molar-refractivity contribution in [2.24, 2.45) is 0 Å². The van der Waals surface area contributed by atoms with E-state index in [1.807, 2.05) is 24.3 Å². The number of nitrogens with one attached hydrogen (secondary N) is 1. The molecule has 0 saturated heterocycles. The number of methoxy groups -OCH3 is 2. The van der Waals surface area contributed by atoms with E-state index in [1.165, 1.54) is 0 Å². The Bertz CT molecular complexity index is 941. The highest BCUT2D eigenvalue weighted by atomic mass is 32.2. The van der Waals surface area contributed by atoms with Crippen molar-refractivity contribution in [3.63, 3.8) is 0 Å². The Balaban J connectivity index is 1.49. The van der Waals surface area contributed by atoms with Gasteiger partial charge < -0.3 is 19.5 Å². The molecule has 2 aromatic rings. The normalized spacial score (nSPS) is 15.7. The Hall–Kier alpha value is -2.54. The third-order valence-electron chi connectivity index (χ3n) is 5.21. The van der Waals surface area contributed by atoms with Gasteiger partial charge in [-0.05, 0) is 48.7 Å². The molecule has 7 heteroatoms. The number of amides is 1. The third-order valence-corrected chi connectivity index (χ3v) is 6.65. The summed E-state index contributed by atoms with van der Waals surface area (Å²) in [4.78, 5) is 12.5. The smallest absolute Gasteiger partial charge is 0.225 e. The highest BCUT2D eigenvalue weighted by Crippen LogP contribution is 2.39. The maximum Gasteiger partial charge on any atom is 0.225 e. The van der Waals surface area contributed by atoms with E-state index in [0.717, 1.165) is 34.7 Å². The summed E-state index contributed by atoms with van der Waals surface area (Å²) in [5.41, 5.74) is 1.73. The molecular weight excluding hydrogens is 402 g/mol. The van der Waals surface area contributed by atoms with Crippen LogP contribution in [0.25, 0.3) is 0 Å². The maximum atomic E-state index is 12.5. The Morgan fingerprint density at radius 3 is 2.53 bits per heavy atom. The summed E-state index contributed by atoms with van der Waals surface area (Å²) in [7, 11) is 2.04. The molecule has 1 amide bonds. The first-order valence-corrected chi connectivity index (χ1v) is 11.3. The van der Waals surface area contributed by atoms with Crippen LogP contribution in [0.4, 0.5) is 5.69 Å². The van der Waals surface area contributed by atoms with Crippen molar-refractivity contribution in [3.8, 4) is 17.2 Å². The fourth-order valence-corrected chi connectivity index (χ4v) is 4.73. The lowest BCUT2D eigenvalue weighted by atomic mass is 9.78. The quantitative estimate of drug-likeness (QED) is 0.600. The van der Waals surface area contributed by atoms with Crippen LogP contribution in [0.15, 0.2) is 41.3 Å². The fraction of sp³-hybridized carbons (Fsp3) is 0.435. The van der Waals surface area contributed by atoms with Gasteiger partial charge in [-0.15, -0.1) is 0 Å². The average Bonchev–Trinajstić information content (AvgIpc) is 2.72. The molecule has 1 atom stereocenters. The van der Waals surface area contributed by atoms with Crippen molar-refractivity contribution >= 4 is 22.4 Å². The molecule has 0 saturated carbocycles. The molecule has 0 spiro atoms. The first-order chi connectivity index (χ1) is 14.3. The van der Waals surface area contributed by atoms with Gasteiger partial charge in [0.05, 0.1) is 31.6 Å². The van der Waals surface area contributed by atoms with Gasteiger partial charge in [0, 0.05) is 34.2 Å². The number of hydrogen-bond acceptors (Lipinski definition) is 5. The number of carbonyl (C=O) groups is 1. The summed E-state index contributed by atoms with van der Waals surface area (Å²) >= 11 is 0. The van der Waals surface area contributed by atoms with E-state index in [4.69, 9.17) is 14.2 Å². The number of carbonyl (C=O) groups excluding carboxylic acids is 1. The molecule has 1 unspecified atom stereocenters. The molecule has 3 rings (SSSR count). The lowest BCUT2D eigenvalue weighted by molar-refractivity contribution is -0.117. The molecule has 30 heavy (non-hydrogen) atoms. The van der Waals surface area contributed by atoms with E-state index in [0.29, 0.717) is 30.3 Å². The predicted octanol–water partition coefficient (Wildman–Crippen LogP) is 4.29. The van der Waals surface area contributed by atoms with E-state index >= 15 is 0 Å². The van der Waals surface area contributed by atoms with Crippen molar-refractivity contribution in [3.05, 3.63) is 42.0 Å². The third kappa shape index (κ3) is 5.14. The van der Waals surface area contributed by atoms with Gasteiger partial charge >= 0.3 is 0 Å². The lowest BCUT2D eigenvalue weighted by Gasteiger charge is -2.32. The number of fused-ring (bicyclic) bond motifs is 1. The monoisotopic (exact) mass is 431 g/mol. The average molecular weight is 432 g/mol. The number of rotatable bonds is 9. The standard InChI is InChI=1S/C23H29NO5S/c1-23(2)15-22(25)24-19-9-7-16(13-18(19)23)29-11-5-6-12-30(26)17-8-10-20(27-3)21(14-17)28-4/h7-10,13-14H,5-6,11-12,15H2,1-4H3,(H,24,25). The van der Waals surface area contributed by atoms with Gasteiger partial charge in [0.2, 0.25) is 5.91 Å². The van der Waals surface area contributed by atoms with Crippen molar-refractivity contribution in [1.29, 1.82) is 0 Å². The minimum Gasteiger partial charge on any atom is -0.494 e. The molecular formula is C23H29NO5S. The Morgan fingerprint density at radius 1 is 1.03 bits per heavy atom. The van der Waals surface area contributed by atoms with Crippen LogP contribution in [0.2, 0.25) is 0 Å². The van der Waals surface area contributed by atoms with Crippen LogP contribution in [-0.2, 0) is 21.0 Å². The fourth-order valence-electron chi connectivity index (χ4n) is 3.57. The number of ether oxygens (including phenoxy) is 3. The van der Waals surface area contributed by atoms with E-state index in [1.54, 1.807) is 26.4 Å². The van der Waals surface area contributed by atoms with Gasteiger partial charge in [-0.3, -0.25) is 9.00 Å². The summed E-state index contributed by atoms with van der Waals surface area (Å²) in [6.07, 6.45) is 2.05. The minimum absolute atomic E-state index is 0.0450. The first kappa shape index (κ1) is 22.2. The van der Waals surface area contributed by atoms with Crippen LogP contribution >= 0.6 is 0 Å². The summed E-state index contributed by atoms with van der Waals surface area (Å²) in [5, 5.41) is 2.92. The van der Waals surface area contributed by atoms with Crippen LogP contribution < -0.4 is 19.5 Å². The van der Waals surface area contributed by atoms with Crippen LogP contribution in [0, 0.1) is 0 Å². The molecule has 162 valence electrons. The molecule has 1 aliphatic heterocycles. The van der Waals surface area contributed by atoms with Gasteiger partial charge in [0.15, 0.2) is 11.5 Å². The van der Waals surface area contributed by atoms with Crippen molar-refractivity contribution in [1.82, 2.24) is 0 Å². The van der Waals surface area contributed by atoms with Gasteiger partial charge in [0.1, 0.15) is 5.75 Å². The zero-order chi connectivity index (χ0) is 21.7. The van der Waals surface area contributed by atoms with Crippen molar-refractivity contribution in [2.45, 2.75) is 43.4 Å². The Labute approximate surface area is 180 Å². The van der Waals surface area contributed by atoms with Crippen LogP contribution in [0.1, 0.15) is 38.7 Å². The minimum atomic E-state index is -1.10. The molecule has 0 aromatic heterocycles. The molecule has 0 bridgehead atoms. The van der Waals surface area contributed by atoms with Crippen LogP contribution in [0.5, 0.6) is 17.2 Å². The van der Waals surface area contributed by atoms with Gasteiger partial charge in [-0.25, -0.2) is 0 Å². The summed E-state index contributed by atoms with van der Waals surface area (Å²) in [6, 6.07) is 11.1. The number of unbranched alkanes of at least 4 members (excludes halogenated alkanes) is 1. The van der Waals surface area contributed by atoms with Gasteiger partial charge in [-0.1, -0.05) is 13.8 Å². The number of anilines is 1. The summed E-state index contributed by atoms with van der Waals surface area (Å²) < 4.78 is 28.9. The van der Waals surface area contributed by atoms with E-state index in [9.17, 15) is 9.00 Å². The maximum absolute atomic E-state index is 12.5. The Kier molecular flexibility index (Phi) is 7.02. The second kappa shape index (κ2) is 9.51. The molecule has 1 heterocycles. The zero-order valence-corrected chi connectivity index (χ0v) is 18.8. The lowest BCUT2D eigenvalue weighted by Crippen LogP contribution is -2.32. The van der Waals surface area contributed by atoms with Crippen LogP contribution in [-0.4, -0.2) is 36.7 Å². The molecule has 2 aromatic carbocycles. The highest BCUT2D eigenvalue weighted by Gasteiger charge is 2.32. The van der Waals surface area contributed by atoms with Crippen LogP contribution in [0.3, 0.4) is 0 Å². The Morgan fingerprint density at radius 2 is 1.80 bits per heavy atom. The predicted molar refractivity (Wildman–Crippen MR) is 118 cm³/mol. The first-order valence-electron chi connectivity index (χ1n) is 10.0. The number of benzene rings is 2. The molecule has 1 aliphatic rings. The molecule has 0 radical (unpaired) electrons. The molecule has 0 aliphatic carbocycles. The van der Waals surface area contributed by atoms with Crippen molar-refractivity contribution < 1.29 is 23.2 Å². The van der Waals surface area contributed by atoms with E-state index in [-0.39, 0.29) is 11.3 Å². The van der Waals surface area contributed by atoms with E-state index in [2.05, 4.69) is 19.2 Å². The van der Waals surface area contributed by atoms with Gasteiger partial charge in [0.25, 0.3) is 0 Å². The largest absolute Gasteiger partial charge is 0.494 e. The number of hydrogen-bond donors (Lipinski definition) is 1. The molecule has 0 fully saturated rings. The molecule has 1 N–H and O–H groups in total. The SMILES string of the molecule is COc1ccc(S(=O)CCCCOc2ccc3c(c2)C(C)(C)CC(=O)N3)cc1OC. The van der Waals surface area contributed by atoms with Gasteiger partial charge in [-0.2, -0.15) is 0 Å². The topological polar surface area (TPSA) is 73.9 Å². The second-order valence-corrected chi connectivity index (χ2v) is 9.51. The second-order valence-electron chi connectivity index (χ2n) is 7.94. The summed E-state index contributed by atoms with van der Waals surface area (Å²) in [5.74, 6) is 2.60. The molecule has 6 nitrogen and oxygen atoms in total. The zero-order valence-electron chi connectivity index (χ0n) is 17.9.